The monoisotopic (exact) mass is 390 g/mol. The van der Waals surface area contributed by atoms with Gasteiger partial charge in [0.1, 0.15) is 5.84 Å². The summed E-state index contributed by atoms with van der Waals surface area (Å²) in [6.07, 6.45) is 7.57. The van der Waals surface area contributed by atoms with Gasteiger partial charge in [0.25, 0.3) is 0 Å². The van der Waals surface area contributed by atoms with Gasteiger partial charge in [-0.15, -0.1) is 0 Å². The van der Waals surface area contributed by atoms with Gasteiger partial charge in [-0.05, 0) is 61.8 Å². The number of benzene rings is 1. The maximum Gasteiger partial charge on any atom is 0.198 e. The molecule has 0 aromatic heterocycles. The van der Waals surface area contributed by atoms with Crippen LogP contribution in [-0.4, -0.2) is 43.0 Å². The number of methoxy groups -OCH3 is 1. The molecule has 2 spiro atoms. The minimum atomic E-state index is -0.463. The molecular weight excluding hydrogens is 360 g/mol. The van der Waals surface area contributed by atoms with Crippen molar-refractivity contribution in [2.75, 3.05) is 20.2 Å². The largest absolute Gasteiger partial charge is 0.381 e. The van der Waals surface area contributed by atoms with Crippen molar-refractivity contribution in [3.8, 4) is 11.8 Å². The van der Waals surface area contributed by atoms with E-state index in [0.29, 0.717) is 12.1 Å². The van der Waals surface area contributed by atoms with Gasteiger partial charge in [-0.1, -0.05) is 24.8 Å². The number of hydrogen-bond donors (Lipinski definition) is 1. The highest BCUT2D eigenvalue weighted by Crippen LogP contribution is 2.62. The lowest BCUT2D eigenvalue weighted by Crippen LogP contribution is -2.53. The summed E-state index contributed by atoms with van der Waals surface area (Å²) in [6.45, 7) is 3.86. The zero-order valence-corrected chi connectivity index (χ0v) is 17.5. The number of ether oxygens (including phenoxy) is 1. The molecule has 29 heavy (non-hydrogen) atoms. The minimum Gasteiger partial charge on any atom is -0.381 e. The van der Waals surface area contributed by atoms with Crippen LogP contribution in [-0.2, 0) is 16.7 Å². The SMILES string of the molecule is CCC#Cc1ccc2c(c1)C1(N=C(N)N3CCCN=C31)C1(CCC(OC)CC1)C2. The maximum absolute atomic E-state index is 6.51. The highest BCUT2D eigenvalue weighted by molar-refractivity contribution is 6.11. The van der Waals surface area contributed by atoms with E-state index in [9.17, 15) is 0 Å². The second kappa shape index (κ2) is 6.88. The standard InChI is InChI=1S/C24H30N4O/c1-3-4-6-17-7-8-18-16-23(11-9-19(29-2)10-12-23)24(20(18)15-17)21-26-13-5-14-28(21)22(25)27-24/h7-8,15,19H,3,5,9-14,16H2,1-2H3,(H2,25,27). The van der Waals surface area contributed by atoms with Gasteiger partial charge >= 0.3 is 0 Å². The van der Waals surface area contributed by atoms with Gasteiger partial charge in [-0.2, -0.15) is 0 Å². The summed E-state index contributed by atoms with van der Waals surface area (Å²) in [7, 11) is 1.83. The number of nitrogens with two attached hydrogens (primary N) is 1. The first-order valence-corrected chi connectivity index (χ1v) is 11.0. The molecule has 1 fully saturated rings. The van der Waals surface area contributed by atoms with Gasteiger partial charge in [-0.3, -0.25) is 9.89 Å². The molecule has 2 heterocycles. The third-order valence-electron chi connectivity index (χ3n) is 7.37. The van der Waals surface area contributed by atoms with Crippen molar-refractivity contribution in [2.24, 2.45) is 21.1 Å². The Morgan fingerprint density at radius 2 is 2.14 bits per heavy atom. The molecule has 0 bridgehead atoms. The number of hydrogen-bond acceptors (Lipinski definition) is 5. The van der Waals surface area contributed by atoms with Crippen LogP contribution in [0.25, 0.3) is 0 Å². The van der Waals surface area contributed by atoms with E-state index in [1.807, 2.05) is 7.11 Å². The van der Waals surface area contributed by atoms with Crippen molar-refractivity contribution in [2.45, 2.75) is 63.5 Å². The lowest BCUT2D eigenvalue weighted by atomic mass is 9.61. The molecule has 0 amide bonds. The third-order valence-corrected chi connectivity index (χ3v) is 7.37. The molecule has 2 N–H and O–H groups in total. The third kappa shape index (κ3) is 2.58. The van der Waals surface area contributed by atoms with Crippen molar-refractivity contribution in [3.63, 3.8) is 0 Å². The van der Waals surface area contributed by atoms with Crippen LogP contribution in [0.2, 0.25) is 0 Å². The van der Waals surface area contributed by atoms with E-state index in [1.54, 1.807) is 0 Å². The number of guanidine groups is 1. The number of nitrogens with zero attached hydrogens (tertiary/aromatic N) is 3. The highest BCUT2D eigenvalue weighted by Gasteiger charge is 2.65. The zero-order valence-electron chi connectivity index (χ0n) is 17.5. The van der Waals surface area contributed by atoms with Crippen LogP contribution in [0.3, 0.4) is 0 Å². The van der Waals surface area contributed by atoms with E-state index in [1.165, 1.54) is 11.1 Å². The molecular formula is C24H30N4O. The molecule has 1 saturated carbocycles. The highest BCUT2D eigenvalue weighted by atomic mass is 16.5. The van der Waals surface area contributed by atoms with Crippen LogP contribution in [0, 0.1) is 17.3 Å². The molecule has 0 radical (unpaired) electrons. The fourth-order valence-corrected chi connectivity index (χ4v) is 5.99. The van der Waals surface area contributed by atoms with Crippen LogP contribution in [0.15, 0.2) is 28.2 Å². The molecule has 1 unspecified atom stereocenters. The Hall–Kier alpha value is -2.32. The molecule has 1 aromatic carbocycles. The maximum atomic E-state index is 6.51. The summed E-state index contributed by atoms with van der Waals surface area (Å²) < 4.78 is 5.69. The molecule has 152 valence electrons. The minimum absolute atomic E-state index is 0.0245. The van der Waals surface area contributed by atoms with E-state index in [2.05, 4.69) is 41.9 Å². The predicted octanol–water partition coefficient (Wildman–Crippen LogP) is 3.21. The summed E-state index contributed by atoms with van der Waals surface area (Å²) in [5.74, 6) is 8.25. The Morgan fingerprint density at radius 1 is 1.31 bits per heavy atom. The molecule has 5 heteroatoms. The van der Waals surface area contributed by atoms with Gasteiger partial charge < -0.3 is 10.5 Å². The van der Waals surface area contributed by atoms with Crippen molar-refractivity contribution >= 4 is 11.8 Å². The van der Waals surface area contributed by atoms with Crippen molar-refractivity contribution < 1.29 is 4.74 Å². The average Bonchev–Trinajstić information content (AvgIpc) is 3.20. The first-order chi connectivity index (χ1) is 14.1. The Kier molecular flexibility index (Phi) is 4.43. The summed E-state index contributed by atoms with van der Waals surface area (Å²) in [5, 5.41) is 0. The van der Waals surface area contributed by atoms with E-state index in [4.69, 9.17) is 20.5 Å². The molecule has 5 rings (SSSR count). The van der Waals surface area contributed by atoms with Crippen molar-refractivity contribution in [1.82, 2.24) is 4.90 Å². The van der Waals surface area contributed by atoms with Gasteiger partial charge in [0, 0.05) is 37.6 Å². The first-order valence-electron chi connectivity index (χ1n) is 11.0. The van der Waals surface area contributed by atoms with E-state index in [0.717, 1.165) is 69.4 Å². The number of fused-ring (bicyclic) bond motifs is 5. The quantitative estimate of drug-likeness (QED) is 0.749. The predicted molar refractivity (Wildman–Crippen MR) is 116 cm³/mol. The summed E-state index contributed by atoms with van der Waals surface area (Å²) in [5.41, 5.74) is 9.80. The van der Waals surface area contributed by atoms with Crippen LogP contribution >= 0.6 is 0 Å². The van der Waals surface area contributed by atoms with E-state index < -0.39 is 5.54 Å². The second-order valence-corrected chi connectivity index (χ2v) is 8.81. The smallest absolute Gasteiger partial charge is 0.198 e. The number of rotatable bonds is 1. The number of aliphatic imine (C=N–C) groups is 2. The molecule has 1 aromatic rings. The Morgan fingerprint density at radius 3 is 2.90 bits per heavy atom. The van der Waals surface area contributed by atoms with Gasteiger partial charge in [0.2, 0.25) is 0 Å². The van der Waals surface area contributed by atoms with Crippen LogP contribution < -0.4 is 5.73 Å². The zero-order chi connectivity index (χ0) is 20.1. The number of amidine groups is 1. The molecule has 1 atom stereocenters. The molecule has 4 aliphatic rings. The van der Waals surface area contributed by atoms with Crippen LogP contribution in [0.1, 0.15) is 62.1 Å². The Bertz CT molecular complexity index is 945. The molecule has 2 aliphatic carbocycles. The lowest BCUT2D eigenvalue weighted by molar-refractivity contribution is 0.0113. The molecule has 5 nitrogen and oxygen atoms in total. The Labute approximate surface area is 173 Å². The fourth-order valence-electron chi connectivity index (χ4n) is 5.99. The average molecular weight is 391 g/mol. The fraction of sp³-hybridized carbons (Fsp3) is 0.583. The summed E-state index contributed by atoms with van der Waals surface area (Å²) in [6, 6.07) is 6.70. The van der Waals surface area contributed by atoms with Crippen LogP contribution in [0.5, 0.6) is 0 Å². The van der Waals surface area contributed by atoms with Gasteiger partial charge in [0.15, 0.2) is 11.5 Å². The van der Waals surface area contributed by atoms with E-state index in [-0.39, 0.29) is 5.41 Å². The molecule has 0 saturated heterocycles. The van der Waals surface area contributed by atoms with Gasteiger partial charge in [0.05, 0.1) is 6.10 Å². The van der Waals surface area contributed by atoms with Crippen molar-refractivity contribution in [1.29, 1.82) is 0 Å². The first kappa shape index (κ1) is 18.7. The summed E-state index contributed by atoms with van der Waals surface area (Å²) >= 11 is 0. The molecule has 2 aliphatic heterocycles. The van der Waals surface area contributed by atoms with Crippen molar-refractivity contribution in [3.05, 3.63) is 34.9 Å². The topological polar surface area (TPSA) is 63.2 Å². The lowest BCUT2D eigenvalue weighted by Gasteiger charge is -2.47. The van der Waals surface area contributed by atoms with E-state index >= 15 is 0 Å². The normalized spacial score (nSPS) is 32.5. The second-order valence-electron chi connectivity index (χ2n) is 8.81. The Balaban J connectivity index is 1.69. The summed E-state index contributed by atoms with van der Waals surface area (Å²) in [4.78, 5) is 12.5. The van der Waals surface area contributed by atoms with Crippen LogP contribution in [0.4, 0.5) is 0 Å². The van der Waals surface area contributed by atoms with Gasteiger partial charge in [-0.25, -0.2) is 4.99 Å².